The van der Waals surface area contributed by atoms with E-state index in [1.54, 1.807) is 4.90 Å². The molecule has 0 bridgehead atoms. The molecule has 4 rings (SSSR count). The van der Waals surface area contributed by atoms with Crippen molar-refractivity contribution in [2.45, 2.75) is 19.8 Å². The van der Waals surface area contributed by atoms with Crippen molar-refractivity contribution in [3.8, 4) is 0 Å². The van der Waals surface area contributed by atoms with Crippen LogP contribution in [0.3, 0.4) is 0 Å². The minimum atomic E-state index is -0.285. The molecule has 2 fully saturated rings. The predicted molar refractivity (Wildman–Crippen MR) is 87.2 cm³/mol. The number of hydrogen-bond donors (Lipinski definition) is 1. The number of aryl methyl sites for hydroxylation is 1. The maximum Gasteiger partial charge on any atom is 0.325 e. The number of fused-ring (bicyclic) bond motifs is 1. The summed E-state index contributed by atoms with van der Waals surface area (Å²) >= 11 is 1.34. The van der Waals surface area contributed by atoms with Gasteiger partial charge in [0.15, 0.2) is 5.13 Å². The van der Waals surface area contributed by atoms with Gasteiger partial charge in [-0.15, -0.1) is 0 Å². The lowest BCUT2D eigenvalue weighted by Crippen LogP contribution is -2.35. The Morgan fingerprint density at radius 2 is 2.22 bits per heavy atom. The van der Waals surface area contributed by atoms with Crippen LogP contribution in [0, 0.1) is 12.8 Å². The van der Waals surface area contributed by atoms with Crippen LogP contribution >= 0.6 is 11.3 Å². The molecule has 7 nitrogen and oxygen atoms in total. The van der Waals surface area contributed by atoms with Crippen molar-refractivity contribution < 1.29 is 9.59 Å². The molecule has 1 aliphatic carbocycles. The standard InChI is InChI=1S/C15H17N5O2S/c1-9-2-5-11-13(16-9)23-14(17-11)18-15(22)20-7-12(21)19(8-20)6-10-3-4-10/h2,5,10H,3-4,6-8H2,1H3,(H,17,18,22). The van der Waals surface area contributed by atoms with Gasteiger partial charge in [-0.25, -0.2) is 14.8 Å². The van der Waals surface area contributed by atoms with Crippen LogP contribution in [0.5, 0.6) is 0 Å². The molecule has 120 valence electrons. The van der Waals surface area contributed by atoms with Crippen molar-refractivity contribution in [2.75, 3.05) is 25.1 Å². The number of nitrogens with one attached hydrogen (secondary N) is 1. The Hall–Kier alpha value is -2.22. The lowest BCUT2D eigenvalue weighted by molar-refractivity contribution is -0.126. The Labute approximate surface area is 137 Å². The lowest BCUT2D eigenvalue weighted by Gasteiger charge is -2.17. The van der Waals surface area contributed by atoms with Gasteiger partial charge in [0, 0.05) is 12.2 Å². The number of nitrogens with zero attached hydrogens (tertiary/aromatic N) is 4. The first-order chi connectivity index (χ1) is 11.1. The molecule has 2 aromatic heterocycles. The molecule has 0 unspecified atom stereocenters. The highest BCUT2D eigenvalue weighted by Crippen LogP contribution is 2.30. The van der Waals surface area contributed by atoms with Crippen LogP contribution in [0.2, 0.25) is 0 Å². The molecule has 3 heterocycles. The van der Waals surface area contributed by atoms with Crippen LogP contribution in [0.4, 0.5) is 9.93 Å². The van der Waals surface area contributed by atoms with E-state index in [4.69, 9.17) is 0 Å². The van der Waals surface area contributed by atoms with Gasteiger partial charge in [-0.2, -0.15) is 0 Å². The summed E-state index contributed by atoms with van der Waals surface area (Å²) in [5, 5.41) is 3.29. The van der Waals surface area contributed by atoms with Crippen LogP contribution in [0.25, 0.3) is 10.3 Å². The van der Waals surface area contributed by atoms with Gasteiger partial charge in [-0.1, -0.05) is 11.3 Å². The quantitative estimate of drug-likeness (QED) is 0.933. The Balaban J connectivity index is 1.43. The molecule has 1 N–H and O–H groups in total. The van der Waals surface area contributed by atoms with E-state index in [2.05, 4.69) is 15.3 Å². The smallest absolute Gasteiger partial charge is 0.323 e. The van der Waals surface area contributed by atoms with Gasteiger partial charge < -0.3 is 4.90 Å². The number of hydrogen-bond acceptors (Lipinski definition) is 5. The van der Waals surface area contributed by atoms with Gasteiger partial charge in [-0.05, 0) is 37.8 Å². The minimum Gasteiger partial charge on any atom is -0.323 e. The summed E-state index contributed by atoms with van der Waals surface area (Å²) in [5.74, 6) is 0.647. The average Bonchev–Trinajstić information content (AvgIpc) is 3.12. The summed E-state index contributed by atoms with van der Waals surface area (Å²) in [6.45, 7) is 3.19. The van der Waals surface area contributed by atoms with Gasteiger partial charge in [0.05, 0.1) is 6.67 Å². The van der Waals surface area contributed by atoms with E-state index < -0.39 is 0 Å². The number of pyridine rings is 1. The molecule has 23 heavy (non-hydrogen) atoms. The molecule has 0 spiro atoms. The van der Waals surface area contributed by atoms with Crippen molar-refractivity contribution in [1.29, 1.82) is 0 Å². The zero-order chi connectivity index (χ0) is 16.0. The second-order valence-corrected chi connectivity index (χ2v) is 7.10. The zero-order valence-corrected chi connectivity index (χ0v) is 13.6. The number of amides is 3. The van der Waals surface area contributed by atoms with E-state index in [0.29, 0.717) is 17.7 Å². The van der Waals surface area contributed by atoms with Gasteiger partial charge in [0.1, 0.15) is 16.9 Å². The largest absolute Gasteiger partial charge is 0.325 e. The summed E-state index contributed by atoms with van der Waals surface area (Å²) in [6, 6.07) is 3.50. The van der Waals surface area contributed by atoms with E-state index in [9.17, 15) is 9.59 Å². The third-order valence-electron chi connectivity index (χ3n) is 4.09. The topological polar surface area (TPSA) is 78.4 Å². The summed E-state index contributed by atoms with van der Waals surface area (Å²) in [5.41, 5.74) is 1.68. The third kappa shape index (κ3) is 2.98. The molecule has 2 aliphatic rings. The van der Waals surface area contributed by atoms with E-state index in [0.717, 1.165) is 22.6 Å². The molecule has 0 atom stereocenters. The highest BCUT2D eigenvalue weighted by Gasteiger charge is 2.34. The number of urea groups is 1. The van der Waals surface area contributed by atoms with Crippen molar-refractivity contribution in [1.82, 2.24) is 19.8 Å². The van der Waals surface area contributed by atoms with E-state index >= 15 is 0 Å². The van der Waals surface area contributed by atoms with Crippen LogP contribution in [0.15, 0.2) is 12.1 Å². The number of carbonyl (C=O) groups excluding carboxylic acids is 2. The third-order valence-corrected chi connectivity index (χ3v) is 4.97. The Bertz CT molecular complexity index is 785. The van der Waals surface area contributed by atoms with Crippen LogP contribution in [-0.4, -0.2) is 51.5 Å². The van der Waals surface area contributed by atoms with E-state index in [-0.39, 0.29) is 18.5 Å². The molecular formula is C15H17N5O2S. The Morgan fingerprint density at radius 3 is 3.00 bits per heavy atom. The SMILES string of the molecule is Cc1ccc2nc(NC(=O)N3CC(=O)N(CC4CC4)C3)sc2n1. The summed E-state index contributed by atoms with van der Waals surface area (Å²) in [6.07, 6.45) is 2.38. The van der Waals surface area contributed by atoms with Gasteiger partial charge >= 0.3 is 6.03 Å². The first-order valence-corrected chi connectivity index (χ1v) is 8.48. The predicted octanol–water partition coefficient (Wildman–Crippen LogP) is 2.04. The summed E-state index contributed by atoms with van der Waals surface area (Å²) in [7, 11) is 0. The van der Waals surface area contributed by atoms with E-state index in [1.165, 1.54) is 29.1 Å². The maximum absolute atomic E-state index is 12.3. The fourth-order valence-electron chi connectivity index (χ4n) is 2.64. The summed E-state index contributed by atoms with van der Waals surface area (Å²) in [4.78, 5) is 37.1. The first-order valence-electron chi connectivity index (χ1n) is 7.66. The van der Waals surface area contributed by atoms with Gasteiger partial charge in [0.2, 0.25) is 5.91 Å². The number of rotatable bonds is 3. The molecule has 0 aromatic carbocycles. The van der Waals surface area contributed by atoms with E-state index in [1.807, 2.05) is 19.1 Å². The zero-order valence-electron chi connectivity index (χ0n) is 12.8. The second kappa shape index (κ2) is 5.45. The minimum absolute atomic E-state index is 0.0219. The average molecular weight is 331 g/mol. The van der Waals surface area contributed by atoms with Crippen molar-refractivity contribution in [2.24, 2.45) is 5.92 Å². The monoisotopic (exact) mass is 331 g/mol. The molecular weight excluding hydrogens is 314 g/mol. The highest BCUT2D eigenvalue weighted by molar-refractivity contribution is 7.21. The van der Waals surface area contributed by atoms with Crippen molar-refractivity contribution in [3.63, 3.8) is 0 Å². The summed E-state index contributed by atoms with van der Waals surface area (Å²) < 4.78 is 0. The van der Waals surface area contributed by atoms with Crippen molar-refractivity contribution in [3.05, 3.63) is 17.8 Å². The lowest BCUT2D eigenvalue weighted by atomic mass is 10.4. The fraction of sp³-hybridized carbons (Fsp3) is 0.467. The fourth-order valence-corrected chi connectivity index (χ4v) is 3.51. The molecule has 3 amide bonds. The van der Waals surface area contributed by atoms with Gasteiger partial charge in [0.25, 0.3) is 0 Å². The van der Waals surface area contributed by atoms with Crippen LogP contribution in [0.1, 0.15) is 18.5 Å². The Morgan fingerprint density at radius 1 is 1.39 bits per heavy atom. The normalized spacial score (nSPS) is 18.0. The Kier molecular flexibility index (Phi) is 3.41. The maximum atomic E-state index is 12.3. The van der Waals surface area contributed by atoms with Gasteiger partial charge in [-0.3, -0.25) is 15.0 Å². The number of thiazole rings is 1. The number of aromatic nitrogens is 2. The highest BCUT2D eigenvalue weighted by atomic mass is 32.1. The molecule has 0 radical (unpaired) electrons. The molecule has 8 heteroatoms. The number of carbonyl (C=O) groups is 2. The number of anilines is 1. The molecule has 2 aromatic rings. The molecule has 1 saturated heterocycles. The van der Waals surface area contributed by atoms with Crippen LogP contribution < -0.4 is 5.32 Å². The molecule has 1 aliphatic heterocycles. The van der Waals surface area contributed by atoms with Crippen LogP contribution in [-0.2, 0) is 4.79 Å². The first kappa shape index (κ1) is 14.4. The van der Waals surface area contributed by atoms with Crippen molar-refractivity contribution >= 4 is 38.8 Å². The molecule has 1 saturated carbocycles. The second-order valence-electron chi connectivity index (χ2n) is 6.12.